The van der Waals surface area contributed by atoms with Crippen LogP contribution in [0.3, 0.4) is 0 Å². The summed E-state index contributed by atoms with van der Waals surface area (Å²) in [6.45, 7) is 6.17. The first kappa shape index (κ1) is 13.9. The van der Waals surface area contributed by atoms with Crippen molar-refractivity contribution in [1.82, 2.24) is 4.72 Å². The maximum Gasteiger partial charge on any atom is 0.211 e. The smallest absolute Gasteiger partial charge is 0.211 e. The zero-order valence-corrected chi connectivity index (χ0v) is 9.97. The topological polar surface area (TPSA) is 66.4 Å². The third-order valence-electron chi connectivity index (χ3n) is 1.83. The number of rotatable bonds is 7. The third-order valence-corrected chi connectivity index (χ3v) is 3.54. The fourth-order valence-corrected chi connectivity index (χ4v) is 2.62. The average molecular weight is 223 g/mol. The molecule has 0 aromatic carbocycles. The Labute approximate surface area is 86.8 Å². The molecule has 0 saturated carbocycles. The molecule has 2 N–H and O–H groups in total. The number of aliphatic hydroxyl groups excluding tert-OH is 1. The SMILES string of the molecule is CC(C)CS(=O)(=O)NCC(C)CCO. The number of nitrogens with one attached hydrogen (secondary N) is 1. The summed E-state index contributed by atoms with van der Waals surface area (Å²) < 4.78 is 25.3. The standard InChI is InChI=1S/C9H21NO3S/c1-8(2)7-14(12,13)10-6-9(3)4-5-11/h8-11H,4-7H2,1-3H3. The molecule has 0 heterocycles. The number of hydrogen-bond acceptors (Lipinski definition) is 3. The Morgan fingerprint density at radius 3 is 2.29 bits per heavy atom. The van der Waals surface area contributed by atoms with Gasteiger partial charge in [-0.25, -0.2) is 13.1 Å². The summed E-state index contributed by atoms with van der Waals surface area (Å²) in [5, 5.41) is 8.63. The second-order valence-electron chi connectivity index (χ2n) is 4.14. The molecule has 0 saturated heterocycles. The molecular weight excluding hydrogens is 202 g/mol. The van der Waals surface area contributed by atoms with Crippen molar-refractivity contribution in [2.24, 2.45) is 11.8 Å². The summed E-state index contributed by atoms with van der Waals surface area (Å²) in [6.07, 6.45) is 0.629. The normalized spacial score (nSPS) is 14.6. The molecule has 0 aromatic rings. The van der Waals surface area contributed by atoms with Crippen LogP contribution in [-0.2, 0) is 10.0 Å². The van der Waals surface area contributed by atoms with Gasteiger partial charge in [0, 0.05) is 13.2 Å². The highest BCUT2D eigenvalue weighted by molar-refractivity contribution is 7.89. The van der Waals surface area contributed by atoms with Crippen molar-refractivity contribution in [2.45, 2.75) is 27.2 Å². The number of hydrogen-bond donors (Lipinski definition) is 2. The second-order valence-corrected chi connectivity index (χ2v) is 5.99. The van der Waals surface area contributed by atoms with Gasteiger partial charge in [0.05, 0.1) is 5.75 Å². The molecule has 0 amide bonds. The van der Waals surface area contributed by atoms with Gasteiger partial charge in [0.1, 0.15) is 0 Å². The van der Waals surface area contributed by atoms with Crippen molar-refractivity contribution in [3.63, 3.8) is 0 Å². The van der Waals surface area contributed by atoms with Crippen LogP contribution in [0.1, 0.15) is 27.2 Å². The second kappa shape index (κ2) is 6.37. The Hall–Kier alpha value is -0.130. The third kappa shape index (κ3) is 7.29. The summed E-state index contributed by atoms with van der Waals surface area (Å²) in [4.78, 5) is 0. The first-order valence-electron chi connectivity index (χ1n) is 4.95. The van der Waals surface area contributed by atoms with Crippen LogP contribution in [0, 0.1) is 11.8 Å². The van der Waals surface area contributed by atoms with Gasteiger partial charge in [-0.2, -0.15) is 0 Å². The molecule has 1 atom stereocenters. The Morgan fingerprint density at radius 2 is 1.86 bits per heavy atom. The molecule has 5 heteroatoms. The van der Waals surface area contributed by atoms with Crippen molar-refractivity contribution < 1.29 is 13.5 Å². The number of aliphatic hydroxyl groups is 1. The van der Waals surface area contributed by atoms with Crippen molar-refractivity contribution in [3.8, 4) is 0 Å². The Balaban J connectivity index is 3.87. The van der Waals surface area contributed by atoms with E-state index in [0.717, 1.165) is 0 Å². The minimum absolute atomic E-state index is 0.104. The van der Waals surface area contributed by atoms with Crippen LogP contribution in [0.25, 0.3) is 0 Å². The molecule has 0 spiro atoms. The van der Waals surface area contributed by atoms with Crippen LogP contribution in [0.15, 0.2) is 0 Å². The molecule has 14 heavy (non-hydrogen) atoms. The van der Waals surface area contributed by atoms with Gasteiger partial charge in [0.2, 0.25) is 10.0 Å². The van der Waals surface area contributed by atoms with E-state index in [4.69, 9.17) is 5.11 Å². The van der Waals surface area contributed by atoms with E-state index in [-0.39, 0.29) is 24.2 Å². The van der Waals surface area contributed by atoms with Gasteiger partial charge in [0.25, 0.3) is 0 Å². The fraction of sp³-hybridized carbons (Fsp3) is 1.00. The van der Waals surface area contributed by atoms with Gasteiger partial charge in [0.15, 0.2) is 0 Å². The molecule has 0 aliphatic heterocycles. The monoisotopic (exact) mass is 223 g/mol. The first-order valence-corrected chi connectivity index (χ1v) is 6.60. The summed E-state index contributed by atoms with van der Waals surface area (Å²) in [6, 6.07) is 0. The van der Waals surface area contributed by atoms with E-state index in [2.05, 4.69) is 4.72 Å². The van der Waals surface area contributed by atoms with Crippen LogP contribution >= 0.6 is 0 Å². The van der Waals surface area contributed by atoms with Crippen LogP contribution in [0.4, 0.5) is 0 Å². The summed E-state index contributed by atoms with van der Waals surface area (Å²) in [7, 11) is -3.13. The lowest BCUT2D eigenvalue weighted by Crippen LogP contribution is -2.32. The van der Waals surface area contributed by atoms with E-state index in [1.165, 1.54) is 0 Å². The van der Waals surface area contributed by atoms with Crippen molar-refractivity contribution in [2.75, 3.05) is 18.9 Å². The van der Waals surface area contributed by atoms with E-state index >= 15 is 0 Å². The summed E-state index contributed by atoms with van der Waals surface area (Å²) in [5.74, 6) is 0.487. The van der Waals surface area contributed by atoms with Crippen molar-refractivity contribution >= 4 is 10.0 Å². The molecule has 0 aromatic heterocycles. The average Bonchev–Trinajstić information content (AvgIpc) is 1.99. The zero-order valence-electron chi connectivity index (χ0n) is 9.16. The zero-order chi connectivity index (χ0) is 11.2. The van der Waals surface area contributed by atoms with E-state index in [9.17, 15) is 8.42 Å². The van der Waals surface area contributed by atoms with Gasteiger partial charge in [-0.05, 0) is 18.3 Å². The van der Waals surface area contributed by atoms with Crippen LogP contribution < -0.4 is 4.72 Å². The lowest BCUT2D eigenvalue weighted by molar-refractivity contribution is 0.263. The molecule has 1 unspecified atom stereocenters. The highest BCUT2D eigenvalue weighted by Gasteiger charge is 2.13. The molecule has 0 fully saturated rings. The predicted octanol–water partition coefficient (Wildman–Crippen LogP) is 0.580. The van der Waals surface area contributed by atoms with Gasteiger partial charge in [-0.1, -0.05) is 20.8 Å². The first-order chi connectivity index (χ1) is 6.37. The Bertz CT molecular complexity index is 236. The van der Waals surface area contributed by atoms with E-state index in [1.54, 1.807) is 0 Å². The van der Waals surface area contributed by atoms with E-state index < -0.39 is 10.0 Å². The molecule has 0 aliphatic rings. The van der Waals surface area contributed by atoms with Crippen LogP contribution in [0.2, 0.25) is 0 Å². The molecule has 0 aliphatic carbocycles. The van der Waals surface area contributed by atoms with Crippen molar-refractivity contribution in [3.05, 3.63) is 0 Å². The Kier molecular flexibility index (Phi) is 6.31. The summed E-state index contributed by atoms with van der Waals surface area (Å²) in [5.41, 5.74) is 0. The van der Waals surface area contributed by atoms with E-state index in [0.29, 0.717) is 13.0 Å². The van der Waals surface area contributed by atoms with Gasteiger partial charge in [-0.15, -0.1) is 0 Å². The lowest BCUT2D eigenvalue weighted by atomic mass is 10.1. The molecule has 0 rings (SSSR count). The predicted molar refractivity (Wildman–Crippen MR) is 57.5 cm³/mol. The molecule has 0 bridgehead atoms. The lowest BCUT2D eigenvalue weighted by Gasteiger charge is -2.12. The molecule has 0 radical (unpaired) electrons. The van der Waals surface area contributed by atoms with Gasteiger partial charge in [-0.3, -0.25) is 0 Å². The van der Waals surface area contributed by atoms with Crippen LogP contribution in [0.5, 0.6) is 0 Å². The van der Waals surface area contributed by atoms with Gasteiger partial charge < -0.3 is 5.11 Å². The summed E-state index contributed by atoms with van der Waals surface area (Å²) >= 11 is 0. The quantitative estimate of drug-likeness (QED) is 0.663. The minimum atomic E-state index is -3.13. The molecule has 4 nitrogen and oxygen atoms in total. The maximum atomic E-state index is 11.4. The molecule has 86 valence electrons. The van der Waals surface area contributed by atoms with Crippen LogP contribution in [-0.4, -0.2) is 32.4 Å². The van der Waals surface area contributed by atoms with Gasteiger partial charge >= 0.3 is 0 Å². The highest BCUT2D eigenvalue weighted by atomic mass is 32.2. The highest BCUT2D eigenvalue weighted by Crippen LogP contribution is 2.01. The maximum absolute atomic E-state index is 11.4. The van der Waals surface area contributed by atoms with Crippen molar-refractivity contribution in [1.29, 1.82) is 0 Å². The fourth-order valence-electron chi connectivity index (χ4n) is 1.09. The number of sulfonamides is 1. The minimum Gasteiger partial charge on any atom is -0.396 e. The van der Waals surface area contributed by atoms with E-state index in [1.807, 2.05) is 20.8 Å². The Morgan fingerprint density at radius 1 is 1.29 bits per heavy atom. The molecular formula is C9H21NO3S. The largest absolute Gasteiger partial charge is 0.396 e.